The Hall–Kier alpha value is -2.33. The van der Waals surface area contributed by atoms with Crippen LogP contribution in [0.2, 0.25) is 0 Å². The highest BCUT2D eigenvalue weighted by molar-refractivity contribution is 8.00. The maximum atomic E-state index is 12.2. The zero-order valence-electron chi connectivity index (χ0n) is 12.0. The van der Waals surface area contributed by atoms with Crippen LogP contribution < -0.4 is 5.32 Å². The summed E-state index contributed by atoms with van der Waals surface area (Å²) in [5.41, 5.74) is 1.13. The molecule has 1 saturated carbocycles. The number of carbonyl (C=O) groups is 1. The minimum Gasteiger partial charge on any atom is -0.325 e. The highest BCUT2D eigenvalue weighted by Crippen LogP contribution is 2.38. The molecular weight excluding hydrogens is 298 g/mol. The van der Waals surface area contributed by atoms with Gasteiger partial charge in [-0.1, -0.05) is 17.8 Å². The van der Waals surface area contributed by atoms with Gasteiger partial charge in [-0.15, -0.1) is 5.10 Å². The fourth-order valence-electron chi connectivity index (χ4n) is 1.97. The van der Waals surface area contributed by atoms with Crippen molar-refractivity contribution in [3.8, 4) is 6.07 Å². The third-order valence-electron chi connectivity index (χ3n) is 3.36. The summed E-state index contributed by atoms with van der Waals surface area (Å²) in [7, 11) is 0. The van der Waals surface area contributed by atoms with Gasteiger partial charge in [-0.25, -0.2) is 4.98 Å². The first-order valence-corrected chi connectivity index (χ1v) is 7.93. The average Bonchev–Trinajstić information content (AvgIpc) is 3.27. The Morgan fingerprint density at radius 3 is 3.09 bits per heavy atom. The van der Waals surface area contributed by atoms with Gasteiger partial charge >= 0.3 is 0 Å². The first-order chi connectivity index (χ1) is 10.7. The number of H-pyrrole nitrogens is 1. The molecule has 1 heterocycles. The number of aromatic amines is 1. The second kappa shape index (κ2) is 6.20. The lowest BCUT2D eigenvalue weighted by Gasteiger charge is -2.10. The normalized spacial score (nSPS) is 15.1. The molecule has 112 valence electrons. The highest BCUT2D eigenvalue weighted by Gasteiger charge is 2.27. The number of benzene rings is 1. The second-order valence-corrected chi connectivity index (χ2v) is 6.53. The molecule has 1 unspecified atom stereocenters. The number of nitriles is 1. The molecule has 2 N–H and O–H groups in total. The van der Waals surface area contributed by atoms with Gasteiger partial charge in [-0.3, -0.25) is 9.89 Å². The van der Waals surface area contributed by atoms with E-state index in [2.05, 4.69) is 20.5 Å². The topological polar surface area (TPSA) is 94.5 Å². The monoisotopic (exact) mass is 313 g/mol. The van der Waals surface area contributed by atoms with Crippen molar-refractivity contribution in [1.82, 2.24) is 15.2 Å². The summed E-state index contributed by atoms with van der Waals surface area (Å²) in [4.78, 5) is 16.6. The average molecular weight is 313 g/mol. The molecule has 1 amide bonds. The van der Waals surface area contributed by atoms with Gasteiger partial charge < -0.3 is 5.32 Å². The Morgan fingerprint density at radius 1 is 1.55 bits per heavy atom. The SMILES string of the molecule is CC(Sc1n[nH]c(C2CC2)n1)C(=O)Nc1cccc(C#N)c1. The second-order valence-electron chi connectivity index (χ2n) is 5.22. The van der Waals surface area contributed by atoms with Gasteiger partial charge in [-0.05, 0) is 38.0 Å². The van der Waals surface area contributed by atoms with Crippen LogP contribution in [0.5, 0.6) is 0 Å². The van der Waals surface area contributed by atoms with Gasteiger partial charge in [0.2, 0.25) is 11.1 Å². The molecule has 7 heteroatoms. The van der Waals surface area contributed by atoms with Crippen LogP contribution in [0.4, 0.5) is 5.69 Å². The zero-order valence-corrected chi connectivity index (χ0v) is 12.9. The molecule has 1 aliphatic rings. The summed E-state index contributed by atoms with van der Waals surface area (Å²) < 4.78 is 0. The molecule has 1 aromatic carbocycles. The Bertz CT molecular complexity index is 732. The Balaban J connectivity index is 1.59. The van der Waals surface area contributed by atoms with E-state index in [1.165, 1.54) is 11.8 Å². The van der Waals surface area contributed by atoms with Gasteiger partial charge in [0.25, 0.3) is 0 Å². The van der Waals surface area contributed by atoms with Crippen molar-refractivity contribution in [1.29, 1.82) is 5.26 Å². The number of carbonyl (C=O) groups excluding carboxylic acids is 1. The van der Waals surface area contributed by atoms with Gasteiger partial charge in [0.05, 0.1) is 16.9 Å². The van der Waals surface area contributed by atoms with Crippen molar-refractivity contribution >= 4 is 23.4 Å². The predicted molar refractivity (Wildman–Crippen MR) is 83.5 cm³/mol. The largest absolute Gasteiger partial charge is 0.325 e. The van der Waals surface area contributed by atoms with E-state index in [0.717, 1.165) is 18.7 Å². The molecule has 1 aromatic heterocycles. The number of anilines is 1. The van der Waals surface area contributed by atoms with Crippen molar-refractivity contribution in [3.63, 3.8) is 0 Å². The van der Waals surface area contributed by atoms with E-state index in [0.29, 0.717) is 22.3 Å². The third-order valence-corrected chi connectivity index (χ3v) is 4.32. The van der Waals surface area contributed by atoms with Crippen molar-refractivity contribution < 1.29 is 4.79 Å². The molecule has 0 saturated heterocycles. The van der Waals surface area contributed by atoms with E-state index < -0.39 is 0 Å². The number of hydrogen-bond donors (Lipinski definition) is 2. The first-order valence-electron chi connectivity index (χ1n) is 7.05. The van der Waals surface area contributed by atoms with Crippen molar-refractivity contribution in [2.45, 2.75) is 36.1 Å². The molecule has 2 aromatic rings. The Kier molecular flexibility index (Phi) is 4.11. The lowest BCUT2D eigenvalue weighted by molar-refractivity contribution is -0.115. The fraction of sp³-hybridized carbons (Fsp3) is 0.333. The summed E-state index contributed by atoms with van der Waals surface area (Å²) in [5.74, 6) is 1.29. The van der Waals surface area contributed by atoms with Gasteiger partial charge in [-0.2, -0.15) is 5.26 Å². The van der Waals surface area contributed by atoms with Gasteiger partial charge in [0, 0.05) is 11.6 Å². The number of thioether (sulfide) groups is 1. The van der Waals surface area contributed by atoms with E-state index in [-0.39, 0.29) is 11.2 Å². The van der Waals surface area contributed by atoms with Crippen molar-refractivity contribution in [2.24, 2.45) is 0 Å². The third kappa shape index (κ3) is 3.46. The van der Waals surface area contributed by atoms with Gasteiger partial charge in [0.1, 0.15) is 5.82 Å². The maximum Gasteiger partial charge on any atom is 0.237 e. The number of hydrogen-bond acceptors (Lipinski definition) is 5. The summed E-state index contributed by atoms with van der Waals surface area (Å²) in [6.07, 6.45) is 2.31. The molecule has 1 aliphatic carbocycles. The van der Waals surface area contributed by atoms with Crippen LogP contribution >= 0.6 is 11.8 Å². The standard InChI is InChI=1S/C15H15N5OS/c1-9(22-15-18-13(19-20-15)11-5-6-11)14(21)17-12-4-2-3-10(7-12)8-16/h2-4,7,9,11H,5-6H2,1H3,(H,17,21)(H,18,19,20). The minimum absolute atomic E-state index is 0.141. The van der Waals surface area contributed by atoms with E-state index in [4.69, 9.17) is 5.26 Å². The fourth-order valence-corrected chi connectivity index (χ4v) is 2.70. The van der Waals surface area contributed by atoms with E-state index in [1.54, 1.807) is 31.2 Å². The quantitative estimate of drug-likeness (QED) is 0.828. The Morgan fingerprint density at radius 2 is 2.36 bits per heavy atom. The smallest absolute Gasteiger partial charge is 0.237 e. The molecule has 1 fully saturated rings. The van der Waals surface area contributed by atoms with E-state index in [9.17, 15) is 4.79 Å². The lowest BCUT2D eigenvalue weighted by Crippen LogP contribution is -2.22. The molecule has 6 nitrogen and oxygen atoms in total. The van der Waals surface area contributed by atoms with Crippen LogP contribution in [0.1, 0.15) is 37.1 Å². The number of nitrogens with one attached hydrogen (secondary N) is 2. The number of rotatable bonds is 5. The molecule has 0 radical (unpaired) electrons. The van der Waals surface area contributed by atoms with Crippen molar-refractivity contribution in [3.05, 3.63) is 35.7 Å². The molecule has 0 aliphatic heterocycles. The van der Waals surface area contributed by atoms with E-state index in [1.807, 2.05) is 6.07 Å². The molecule has 22 heavy (non-hydrogen) atoms. The van der Waals surface area contributed by atoms with Crippen LogP contribution in [0.25, 0.3) is 0 Å². The molecule has 3 rings (SSSR count). The van der Waals surface area contributed by atoms with Gasteiger partial charge in [0.15, 0.2) is 0 Å². The molecule has 1 atom stereocenters. The van der Waals surface area contributed by atoms with Crippen LogP contribution in [0.15, 0.2) is 29.4 Å². The Labute approximate surface area is 132 Å². The number of aromatic nitrogens is 3. The zero-order chi connectivity index (χ0) is 15.5. The molecular formula is C15H15N5OS. The summed E-state index contributed by atoms with van der Waals surface area (Å²) in [6, 6.07) is 8.89. The summed E-state index contributed by atoms with van der Waals surface area (Å²) in [6.45, 7) is 1.81. The van der Waals surface area contributed by atoms with E-state index >= 15 is 0 Å². The lowest BCUT2D eigenvalue weighted by atomic mass is 10.2. The van der Waals surface area contributed by atoms with Crippen LogP contribution in [-0.2, 0) is 4.79 Å². The minimum atomic E-state index is -0.325. The summed E-state index contributed by atoms with van der Waals surface area (Å²) in [5, 5.41) is 19.0. The number of amides is 1. The van der Waals surface area contributed by atoms with Crippen LogP contribution in [0.3, 0.4) is 0 Å². The van der Waals surface area contributed by atoms with Crippen LogP contribution in [0, 0.1) is 11.3 Å². The summed E-state index contributed by atoms with van der Waals surface area (Å²) >= 11 is 1.32. The molecule has 0 spiro atoms. The molecule has 0 bridgehead atoms. The maximum absolute atomic E-state index is 12.2. The highest BCUT2D eigenvalue weighted by atomic mass is 32.2. The van der Waals surface area contributed by atoms with Crippen molar-refractivity contribution in [2.75, 3.05) is 5.32 Å². The van der Waals surface area contributed by atoms with Crippen LogP contribution in [-0.4, -0.2) is 26.3 Å². The first kappa shape index (κ1) is 14.6. The predicted octanol–water partition coefficient (Wildman–Crippen LogP) is 2.67. The number of nitrogens with zero attached hydrogens (tertiary/aromatic N) is 3.